The third-order valence-electron chi connectivity index (χ3n) is 5.69. The van der Waals surface area contributed by atoms with Crippen molar-refractivity contribution in [2.24, 2.45) is 0 Å². The molecule has 0 saturated carbocycles. The molecule has 138 valence electrons. The zero-order chi connectivity index (χ0) is 17.8. The Labute approximate surface area is 151 Å². The van der Waals surface area contributed by atoms with Crippen LogP contribution in [0, 0.1) is 0 Å². The number of anilines is 1. The fourth-order valence-electron chi connectivity index (χ4n) is 4.01. The average molecular weight is 345 g/mol. The largest absolute Gasteiger partial charge is 0.381 e. The standard InChI is InChI=1S/C20H31N3O2/c1-21(2)18-6-4-5-16(15-18)20(24)23-11-7-17(8-12-23)22-13-9-19(25-3)10-14-22/h4-6,15,17,19H,7-14H2,1-3H3. The maximum Gasteiger partial charge on any atom is 0.253 e. The first-order chi connectivity index (χ1) is 12.1. The lowest BCUT2D eigenvalue weighted by atomic mass is 9.98. The zero-order valence-electron chi connectivity index (χ0n) is 15.8. The van der Waals surface area contributed by atoms with Crippen molar-refractivity contribution < 1.29 is 9.53 Å². The molecule has 0 aliphatic carbocycles. The lowest BCUT2D eigenvalue weighted by Crippen LogP contribution is -2.49. The highest BCUT2D eigenvalue weighted by Crippen LogP contribution is 2.23. The van der Waals surface area contributed by atoms with Gasteiger partial charge in [0.1, 0.15) is 0 Å². The molecule has 5 nitrogen and oxygen atoms in total. The van der Waals surface area contributed by atoms with Crippen LogP contribution in [0.4, 0.5) is 5.69 Å². The van der Waals surface area contributed by atoms with Gasteiger partial charge in [0.2, 0.25) is 0 Å². The quantitative estimate of drug-likeness (QED) is 0.840. The van der Waals surface area contributed by atoms with Crippen molar-refractivity contribution in [3.63, 3.8) is 0 Å². The minimum atomic E-state index is 0.167. The lowest BCUT2D eigenvalue weighted by molar-refractivity contribution is 0.0145. The van der Waals surface area contributed by atoms with E-state index in [1.807, 2.05) is 55.3 Å². The number of carbonyl (C=O) groups excluding carboxylic acids is 1. The zero-order valence-corrected chi connectivity index (χ0v) is 15.8. The van der Waals surface area contributed by atoms with Crippen molar-refractivity contribution in [1.82, 2.24) is 9.80 Å². The molecule has 25 heavy (non-hydrogen) atoms. The van der Waals surface area contributed by atoms with Crippen molar-refractivity contribution in [2.75, 3.05) is 52.3 Å². The summed E-state index contributed by atoms with van der Waals surface area (Å²) >= 11 is 0. The van der Waals surface area contributed by atoms with Gasteiger partial charge < -0.3 is 19.4 Å². The Balaban J connectivity index is 1.53. The van der Waals surface area contributed by atoms with Crippen LogP contribution in [0.25, 0.3) is 0 Å². The summed E-state index contributed by atoms with van der Waals surface area (Å²) in [4.78, 5) is 19.5. The Morgan fingerprint density at radius 2 is 1.76 bits per heavy atom. The number of nitrogens with zero attached hydrogens (tertiary/aromatic N) is 3. The Morgan fingerprint density at radius 3 is 2.36 bits per heavy atom. The molecule has 0 unspecified atom stereocenters. The van der Waals surface area contributed by atoms with Crippen LogP contribution in [-0.2, 0) is 4.74 Å². The van der Waals surface area contributed by atoms with Crippen LogP contribution < -0.4 is 4.90 Å². The third-order valence-corrected chi connectivity index (χ3v) is 5.69. The Hall–Kier alpha value is -1.59. The normalized spacial score (nSPS) is 20.7. The number of carbonyl (C=O) groups is 1. The number of amides is 1. The second-order valence-electron chi connectivity index (χ2n) is 7.44. The van der Waals surface area contributed by atoms with Gasteiger partial charge in [-0.1, -0.05) is 6.07 Å². The number of ether oxygens (including phenoxy) is 1. The SMILES string of the molecule is COC1CCN(C2CCN(C(=O)c3cccc(N(C)C)c3)CC2)CC1. The van der Waals surface area contributed by atoms with E-state index >= 15 is 0 Å². The summed E-state index contributed by atoms with van der Waals surface area (Å²) < 4.78 is 5.47. The van der Waals surface area contributed by atoms with E-state index in [-0.39, 0.29) is 5.91 Å². The van der Waals surface area contributed by atoms with Crippen molar-refractivity contribution >= 4 is 11.6 Å². The molecule has 0 bridgehead atoms. The molecule has 2 heterocycles. The fraction of sp³-hybridized carbons (Fsp3) is 0.650. The summed E-state index contributed by atoms with van der Waals surface area (Å²) in [7, 11) is 5.82. The van der Waals surface area contributed by atoms with E-state index in [9.17, 15) is 4.79 Å². The maximum atomic E-state index is 12.8. The molecule has 0 radical (unpaired) electrons. The van der Waals surface area contributed by atoms with Crippen LogP contribution >= 0.6 is 0 Å². The predicted octanol–water partition coefficient (Wildman–Crippen LogP) is 2.47. The number of likely N-dealkylation sites (tertiary alicyclic amines) is 2. The third kappa shape index (κ3) is 4.33. The minimum absolute atomic E-state index is 0.167. The van der Waals surface area contributed by atoms with Gasteiger partial charge in [0, 0.05) is 64.7 Å². The van der Waals surface area contributed by atoms with Gasteiger partial charge in [-0.05, 0) is 43.9 Å². The fourth-order valence-corrected chi connectivity index (χ4v) is 4.01. The van der Waals surface area contributed by atoms with E-state index in [0.29, 0.717) is 12.1 Å². The van der Waals surface area contributed by atoms with Crippen molar-refractivity contribution in [3.8, 4) is 0 Å². The van der Waals surface area contributed by atoms with E-state index in [1.54, 1.807) is 0 Å². The highest BCUT2D eigenvalue weighted by molar-refractivity contribution is 5.95. The highest BCUT2D eigenvalue weighted by atomic mass is 16.5. The number of hydrogen-bond acceptors (Lipinski definition) is 4. The van der Waals surface area contributed by atoms with Crippen LogP contribution in [-0.4, -0.2) is 75.2 Å². The second kappa shape index (κ2) is 8.19. The van der Waals surface area contributed by atoms with E-state index in [0.717, 1.165) is 63.1 Å². The van der Waals surface area contributed by atoms with E-state index in [1.165, 1.54) is 0 Å². The summed E-state index contributed by atoms with van der Waals surface area (Å²) in [5.41, 5.74) is 1.87. The predicted molar refractivity (Wildman–Crippen MR) is 101 cm³/mol. The van der Waals surface area contributed by atoms with E-state index < -0.39 is 0 Å². The Kier molecular flexibility index (Phi) is 5.97. The number of rotatable bonds is 4. The molecule has 0 spiro atoms. The first-order valence-corrected chi connectivity index (χ1v) is 9.42. The summed E-state index contributed by atoms with van der Waals surface area (Å²) in [6, 6.07) is 8.54. The number of methoxy groups -OCH3 is 1. The molecule has 0 N–H and O–H groups in total. The molecule has 0 aromatic heterocycles. The molecule has 1 aromatic carbocycles. The molecule has 1 aromatic rings. The average Bonchev–Trinajstić information content (AvgIpc) is 2.67. The first kappa shape index (κ1) is 18.2. The lowest BCUT2D eigenvalue weighted by Gasteiger charge is -2.41. The van der Waals surface area contributed by atoms with Crippen LogP contribution in [0.15, 0.2) is 24.3 Å². The van der Waals surface area contributed by atoms with Gasteiger partial charge in [0.15, 0.2) is 0 Å². The monoisotopic (exact) mass is 345 g/mol. The molecule has 2 aliphatic rings. The summed E-state index contributed by atoms with van der Waals surface area (Å²) in [6.07, 6.45) is 4.86. The van der Waals surface area contributed by atoms with Gasteiger partial charge in [-0.2, -0.15) is 0 Å². The van der Waals surface area contributed by atoms with Crippen LogP contribution in [0.3, 0.4) is 0 Å². The highest BCUT2D eigenvalue weighted by Gasteiger charge is 2.29. The van der Waals surface area contributed by atoms with Gasteiger partial charge in [-0.15, -0.1) is 0 Å². The molecule has 2 fully saturated rings. The molecule has 2 saturated heterocycles. The first-order valence-electron chi connectivity index (χ1n) is 9.42. The molecule has 2 aliphatic heterocycles. The molecule has 1 amide bonds. The van der Waals surface area contributed by atoms with Crippen molar-refractivity contribution in [1.29, 1.82) is 0 Å². The Morgan fingerprint density at radius 1 is 1.08 bits per heavy atom. The molecule has 5 heteroatoms. The molecular weight excluding hydrogens is 314 g/mol. The van der Waals surface area contributed by atoms with E-state index in [4.69, 9.17) is 4.74 Å². The minimum Gasteiger partial charge on any atom is -0.381 e. The van der Waals surface area contributed by atoms with Crippen LogP contribution in [0.5, 0.6) is 0 Å². The smallest absolute Gasteiger partial charge is 0.253 e. The number of benzene rings is 1. The van der Waals surface area contributed by atoms with Gasteiger partial charge in [0.25, 0.3) is 5.91 Å². The molecular formula is C20H31N3O2. The topological polar surface area (TPSA) is 36.0 Å². The second-order valence-corrected chi connectivity index (χ2v) is 7.44. The summed E-state index contributed by atoms with van der Waals surface area (Å²) in [6.45, 7) is 3.98. The summed E-state index contributed by atoms with van der Waals surface area (Å²) in [5, 5.41) is 0. The van der Waals surface area contributed by atoms with Gasteiger partial charge in [-0.3, -0.25) is 4.79 Å². The van der Waals surface area contributed by atoms with Crippen LogP contribution in [0.1, 0.15) is 36.0 Å². The van der Waals surface area contributed by atoms with Crippen molar-refractivity contribution in [3.05, 3.63) is 29.8 Å². The van der Waals surface area contributed by atoms with Gasteiger partial charge in [0.05, 0.1) is 6.10 Å². The van der Waals surface area contributed by atoms with Crippen LogP contribution in [0.2, 0.25) is 0 Å². The maximum absolute atomic E-state index is 12.8. The van der Waals surface area contributed by atoms with E-state index in [2.05, 4.69) is 4.90 Å². The summed E-state index contributed by atoms with van der Waals surface area (Å²) in [5.74, 6) is 0.167. The number of hydrogen-bond donors (Lipinski definition) is 0. The van der Waals surface area contributed by atoms with Crippen molar-refractivity contribution in [2.45, 2.75) is 37.8 Å². The van der Waals surface area contributed by atoms with Gasteiger partial charge in [-0.25, -0.2) is 0 Å². The molecule has 3 rings (SSSR count). The Bertz CT molecular complexity index is 574. The van der Waals surface area contributed by atoms with Gasteiger partial charge >= 0.3 is 0 Å². The number of piperidine rings is 2. The molecule has 0 atom stereocenters.